The summed E-state index contributed by atoms with van der Waals surface area (Å²) in [5.74, 6) is 1.41. The minimum Gasteiger partial charge on any atom is -0.384 e. The highest BCUT2D eigenvalue weighted by Crippen LogP contribution is 2.16. The topological polar surface area (TPSA) is 21.3 Å². The minimum atomic E-state index is 0.651. The Bertz CT molecular complexity index is 138. The van der Waals surface area contributed by atoms with E-state index in [-0.39, 0.29) is 0 Å². The molecule has 0 aromatic rings. The summed E-state index contributed by atoms with van der Waals surface area (Å²) in [4.78, 5) is 0. The average Bonchev–Trinajstić information content (AvgIpc) is 2.23. The van der Waals surface area contributed by atoms with Gasteiger partial charge in [0, 0.05) is 19.8 Å². The summed E-state index contributed by atoms with van der Waals surface area (Å²) in [7, 11) is 1.79. The molecule has 0 rings (SSSR count). The summed E-state index contributed by atoms with van der Waals surface area (Å²) >= 11 is 0. The van der Waals surface area contributed by atoms with Crippen LogP contribution < -0.4 is 5.32 Å². The predicted octanol–water partition coefficient (Wildman–Crippen LogP) is 3.07. The van der Waals surface area contributed by atoms with Crippen molar-refractivity contribution in [2.24, 2.45) is 11.8 Å². The molecule has 0 fully saturated rings. The van der Waals surface area contributed by atoms with E-state index in [9.17, 15) is 0 Å². The normalized spacial score (nSPS) is 17.4. The van der Waals surface area contributed by atoms with Crippen LogP contribution in [-0.2, 0) is 4.74 Å². The molecule has 1 N–H and O–H groups in total. The molecule has 15 heavy (non-hydrogen) atoms. The zero-order chi connectivity index (χ0) is 11.7. The molecule has 0 heterocycles. The fourth-order valence-corrected chi connectivity index (χ4v) is 1.92. The first kappa shape index (κ1) is 14.9. The molecule has 0 radical (unpaired) electrons. The molecule has 0 bridgehead atoms. The number of methoxy groups -OCH3 is 1. The molecule has 3 atom stereocenters. The number of nitrogens with one attached hydrogen (secondary N) is 1. The van der Waals surface area contributed by atoms with E-state index in [2.05, 4.69) is 33.0 Å². The highest BCUT2D eigenvalue weighted by atomic mass is 16.5. The second-order valence-electron chi connectivity index (χ2n) is 4.74. The zero-order valence-corrected chi connectivity index (χ0v) is 11.2. The summed E-state index contributed by atoms with van der Waals surface area (Å²) in [6.07, 6.45) is 3.69. The number of hydrogen-bond donors (Lipinski definition) is 1. The van der Waals surface area contributed by atoms with Crippen molar-refractivity contribution in [2.45, 2.75) is 53.0 Å². The van der Waals surface area contributed by atoms with Gasteiger partial charge in [-0.15, -0.1) is 0 Å². The Morgan fingerprint density at radius 2 is 1.87 bits per heavy atom. The molecule has 0 spiro atoms. The Hall–Kier alpha value is -0.0800. The van der Waals surface area contributed by atoms with E-state index in [0.29, 0.717) is 12.0 Å². The fourth-order valence-electron chi connectivity index (χ4n) is 1.92. The fraction of sp³-hybridized carbons (Fsp3) is 1.00. The standard InChI is InChI=1S/C13H29NO/c1-6-8-14-13(12(4)7-2)9-11(3)10-15-5/h11-14H,6-10H2,1-5H3. The maximum Gasteiger partial charge on any atom is 0.0488 e. The lowest BCUT2D eigenvalue weighted by Crippen LogP contribution is -2.37. The smallest absolute Gasteiger partial charge is 0.0488 e. The molecule has 3 unspecified atom stereocenters. The molecule has 0 aliphatic carbocycles. The summed E-state index contributed by atoms with van der Waals surface area (Å²) < 4.78 is 5.19. The summed E-state index contributed by atoms with van der Waals surface area (Å²) in [5, 5.41) is 3.65. The van der Waals surface area contributed by atoms with E-state index in [0.717, 1.165) is 19.1 Å². The summed E-state index contributed by atoms with van der Waals surface area (Å²) in [6.45, 7) is 11.1. The van der Waals surface area contributed by atoms with Crippen molar-refractivity contribution in [1.82, 2.24) is 5.32 Å². The quantitative estimate of drug-likeness (QED) is 0.638. The maximum absolute atomic E-state index is 5.19. The lowest BCUT2D eigenvalue weighted by Gasteiger charge is -2.27. The highest BCUT2D eigenvalue weighted by molar-refractivity contribution is 4.74. The average molecular weight is 215 g/mol. The Labute approximate surface area is 95.8 Å². The molecule has 0 amide bonds. The van der Waals surface area contributed by atoms with Crippen molar-refractivity contribution in [3.8, 4) is 0 Å². The van der Waals surface area contributed by atoms with Crippen LogP contribution in [0.3, 0.4) is 0 Å². The van der Waals surface area contributed by atoms with Crippen LogP contribution in [-0.4, -0.2) is 26.3 Å². The van der Waals surface area contributed by atoms with Gasteiger partial charge >= 0.3 is 0 Å². The predicted molar refractivity (Wildman–Crippen MR) is 67.2 cm³/mol. The van der Waals surface area contributed by atoms with Crippen LogP contribution in [0, 0.1) is 11.8 Å². The van der Waals surface area contributed by atoms with Crippen LogP contribution >= 0.6 is 0 Å². The Morgan fingerprint density at radius 3 is 2.33 bits per heavy atom. The van der Waals surface area contributed by atoms with Crippen LogP contribution in [0.4, 0.5) is 0 Å². The first-order valence-electron chi connectivity index (χ1n) is 6.37. The molecule has 0 saturated heterocycles. The second-order valence-corrected chi connectivity index (χ2v) is 4.74. The third-order valence-corrected chi connectivity index (χ3v) is 3.09. The number of rotatable bonds is 9. The molecule has 0 aliphatic heterocycles. The SMILES string of the molecule is CCCNC(CC(C)COC)C(C)CC. The van der Waals surface area contributed by atoms with Gasteiger partial charge < -0.3 is 10.1 Å². The molecule has 92 valence electrons. The van der Waals surface area contributed by atoms with Crippen LogP contribution in [0.1, 0.15) is 47.0 Å². The molecule has 0 aliphatic rings. The zero-order valence-electron chi connectivity index (χ0n) is 11.2. The molecular formula is C13H29NO. The van der Waals surface area contributed by atoms with Gasteiger partial charge in [0.25, 0.3) is 0 Å². The Balaban J connectivity index is 3.98. The van der Waals surface area contributed by atoms with Gasteiger partial charge in [-0.25, -0.2) is 0 Å². The number of hydrogen-bond acceptors (Lipinski definition) is 2. The van der Waals surface area contributed by atoms with Gasteiger partial charge in [-0.2, -0.15) is 0 Å². The van der Waals surface area contributed by atoms with E-state index >= 15 is 0 Å². The molecule has 0 saturated carbocycles. The van der Waals surface area contributed by atoms with Crippen LogP contribution in [0.15, 0.2) is 0 Å². The van der Waals surface area contributed by atoms with Crippen molar-refractivity contribution < 1.29 is 4.74 Å². The monoisotopic (exact) mass is 215 g/mol. The van der Waals surface area contributed by atoms with Gasteiger partial charge in [-0.1, -0.05) is 34.1 Å². The van der Waals surface area contributed by atoms with E-state index in [4.69, 9.17) is 4.74 Å². The highest BCUT2D eigenvalue weighted by Gasteiger charge is 2.17. The van der Waals surface area contributed by atoms with Crippen LogP contribution in [0.25, 0.3) is 0 Å². The van der Waals surface area contributed by atoms with Crippen molar-refractivity contribution in [3.63, 3.8) is 0 Å². The third-order valence-electron chi connectivity index (χ3n) is 3.09. The van der Waals surface area contributed by atoms with Gasteiger partial charge in [-0.05, 0) is 31.2 Å². The molecular weight excluding hydrogens is 186 g/mol. The van der Waals surface area contributed by atoms with Crippen molar-refractivity contribution in [1.29, 1.82) is 0 Å². The van der Waals surface area contributed by atoms with Crippen molar-refractivity contribution in [2.75, 3.05) is 20.3 Å². The Kier molecular flexibility index (Phi) is 9.12. The lowest BCUT2D eigenvalue weighted by atomic mass is 9.91. The molecule has 2 nitrogen and oxygen atoms in total. The molecule has 0 aromatic carbocycles. The minimum absolute atomic E-state index is 0.651. The maximum atomic E-state index is 5.19. The Morgan fingerprint density at radius 1 is 1.20 bits per heavy atom. The van der Waals surface area contributed by atoms with Gasteiger partial charge in [-0.3, -0.25) is 0 Å². The van der Waals surface area contributed by atoms with E-state index in [1.165, 1.54) is 19.3 Å². The van der Waals surface area contributed by atoms with Crippen molar-refractivity contribution >= 4 is 0 Å². The van der Waals surface area contributed by atoms with Crippen molar-refractivity contribution in [3.05, 3.63) is 0 Å². The summed E-state index contributed by atoms with van der Waals surface area (Å²) in [5.41, 5.74) is 0. The first-order valence-corrected chi connectivity index (χ1v) is 6.37. The first-order chi connectivity index (χ1) is 7.15. The second kappa shape index (κ2) is 9.17. The van der Waals surface area contributed by atoms with Gasteiger partial charge in [0.15, 0.2) is 0 Å². The largest absolute Gasteiger partial charge is 0.384 e. The van der Waals surface area contributed by atoms with Gasteiger partial charge in [0.05, 0.1) is 0 Å². The lowest BCUT2D eigenvalue weighted by molar-refractivity contribution is 0.143. The molecule has 2 heteroatoms. The summed E-state index contributed by atoms with van der Waals surface area (Å²) in [6, 6.07) is 0.653. The van der Waals surface area contributed by atoms with Gasteiger partial charge in [0.1, 0.15) is 0 Å². The molecule has 0 aromatic heterocycles. The van der Waals surface area contributed by atoms with Gasteiger partial charge in [0.2, 0.25) is 0 Å². The van der Waals surface area contributed by atoms with E-state index in [1.807, 2.05) is 0 Å². The van der Waals surface area contributed by atoms with Crippen LogP contribution in [0.2, 0.25) is 0 Å². The van der Waals surface area contributed by atoms with Crippen LogP contribution in [0.5, 0.6) is 0 Å². The third kappa shape index (κ3) is 6.91. The number of ether oxygens (including phenoxy) is 1. The van der Waals surface area contributed by atoms with E-state index < -0.39 is 0 Å². The van der Waals surface area contributed by atoms with E-state index in [1.54, 1.807) is 7.11 Å².